The minimum atomic E-state index is -0.424. The molecular weight excluding hydrogens is 490 g/mol. The van der Waals surface area contributed by atoms with Crippen LogP contribution in [0, 0.1) is 0 Å². The van der Waals surface area contributed by atoms with Gasteiger partial charge in [0, 0.05) is 36.4 Å². The third-order valence-corrected chi connectivity index (χ3v) is 6.42. The number of nitrogens with zero attached hydrogens (tertiary/aromatic N) is 5. The Morgan fingerprint density at radius 1 is 0.939 bits per heavy atom. The largest absolute Gasteiger partial charge is 0.486 e. The van der Waals surface area contributed by atoms with Crippen LogP contribution in [0.5, 0.6) is 11.5 Å². The van der Waals surface area contributed by atoms with Gasteiger partial charge < -0.3 is 9.47 Å². The van der Waals surface area contributed by atoms with Crippen molar-refractivity contribution in [3.05, 3.63) is 74.0 Å². The number of imidazole rings is 2. The van der Waals surface area contributed by atoms with Gasteiger partial charge in [-0.25, -0.2) is 4.79 Å². The first kappa shape index (κ1) is 19.9. The van der Waals surface area contributed by atoms with E-state index in [2.05, 4.69) is 15.9 Å². The van der Waals surface area contributed by atoms with Crippen molar-refractivity contribution >= 4 is 32.9 Å². The first-order valence-corrected chi connectivity index (χ1v) is 11.1. The molecule has 0 unspecified atom stereocenters. The second kappa shape index (κ2) is 7.11. The van der Waals surface area contributed by atoms with Crippen molar-refractivity contribution in [3.8, 4) is 28.4 Å². The summed E-state index contributed by atoms with van der Waals surface area (Å²) in [5.74, 6) is 1.84. The molecule has 5 aromatic rings. The highest BCUT2D eigenvalue weighted by atomic mass is 79.9. The lowest BCUT2D eigenvalue weighted by molar-refractivity contribution is 0.171. The molecule has 33 heavy (non-hydrogen) atoms. The Balaban J connectivity index is 1.73. The number of benzene rings is 2. The molecule has 0 saturated heterocycles. The van der Waals surface area contributed by atoms with E-state index in [9.17, 15) is 9.59 Å². The zero-order valence-corrected chi connectivity index (χ0v) is 19.4. The molecule has 9 nitrogen and oxygen atoms in total. The molecule has 0 fully saturated rings. The van der Waals surface area contributed by atoms with E-state index in [1.165, 1.54) is 11.6 Å². The van der Waals surface area contributed by atoms with Gasteiger partial charge in [0.05, 0.1) is 11.4 Å². The van der Waals surface area contributed by atoms with Crippen LogP contribution in [0.2, 0.25) is 0 Å². The van der Waals surface area contributed by atoms with E-state index < -0.39 is 11.2 Å². The maximum atomic E-state index is 13.0. The van der Waals surface area contributed by atoms with Gasteiger partial charge in [0.25, 0.3) is 5.56 Å². The van der Waals surface area contributed by atoms with Crippen LogP contribution in [-0.2, 0) is 14.1 Å². The van der Waals surface area contributed by atoms with Gasteiger partial charge in [0.1, 0.15) is 13.2 Å². The predicted molar refractivity (Wildman–Crippen MR) is 127 cm³/mol. The Bertz CT molecular complexity index is 1690. The van der Waals surface area contributed by atoms with Crippen molar-refractivity contribution in [3.63, 3.8) is 0 Å². The molecular formula is C23H18BrN5O4. The van der Waals surface area contributed by atoms with Gasteiger partial charge in [-0.15, -0.1) is 0 Å². The lowest BCUT2D eigenvalue weighted by Crippen LogP contribution is -2.37. The highest BCUT2D eigenvalue weighted by Gasteiger charge is 2.23. The third kappa shape index (κ3) is 2.87. The summed E-state index contributed by atoms with van der Waals surface area (Å²) in [5.41, 5.74) is 2.41. The number of rotatable bonds is 2. The van der Waals surface area contributed by atoms with Crippen molar-refractivity contribution in [2.45, 2.75) is 0 Å². The quantitative estimate of drug-likeness (QED) is 0.366. The summed E-state index contributed by atoms with van der Waals surface area (Å²) in [7, 11) is 3.08. The molecule has 166 valence electrons. The van der Waals surface area contributed by atoms with Crippen molar-refractivity contribution in [2.24, 2.45) is 14.1 Å². The van der Waals surface area contributed by atoms with Gasteiger partial charge in [-0.3, -0.25) is 22.9 Å². The molecule has 1 aliphatic rings. The van der Waals surface area contributed by atoms with Crippen LogP contribution in [0.15, 0.2) is 62.7 Å². The highest BCUT2D eigenvalue weighted by molar-refractivity contribution is 9.10. The average molecular weight is 508 g/mol. The number of aromatic nitrogens is 5. The van der Waals surface area contributed by atoms with Crippen LogP contribution < -0.4 is 20.7 Å². The molecule has 0 radical (unpaired) electrons. The Morgan fingerprint density at radius 2 is 1.67 bits per heavy atom. The molecule has 0 amide bonds. The van der Waals surface area contributed by atoms with Crippen LogP contribution in [0.3, 0.4) is 0 Å². The van der Waals surface area contributed by atoms with Crippen molar-refractivity contribution in [1.82, 2.24) is 23.1 Å². The van der Waals surface area contributed by atoms with Gasteiger partial charge in [0.2, 0.25) is 5.78 Å². The fraction of sp³-hybridized carbons (Fsp3) is 0.174. The van der Waals surface area contributed by atoms with Crippen LogP contribution in [0.1, 0.15) is 0 Å². The van der Waals surface area contributed by atoms with Gasteiger partial charge in [0.15, 0.2) is 22.7 Å². The maximum Gasteiger partial charge on any atom is 0.332 e. The number of halogens is 1. The van der Waals surface area contributed by atoms with E-state index in [0.29, 0.717) is 41.7 Å². The molecule has 0 bridgehead atoms. The molecule has 4 heterocycles. The first-order chi connectivity index (χ1) is 15.9. The molecule has 0 N–H and O–H groups in total. The summed E-state index contributed by atoms with van der Waals surface area (Å²) in [5, 5.41) is 0. The Labute approximate surface area is 195 Å². The smallest absolute Gasteiger partial charge is 0.332 e. The second-order valence-electron chi connectivity index (χ2n) is 7.84. The van der Waals surface area contributed by atoms with Crippen molar-refractivity contribution in [1.29, 1.82) is 0 Å². The number of aryl methyl sites for hydroxylation is 1. The van der Waals surface area contributed by atoms with E-state index in [-0.39, 0.29) is 0 Å². The normalized spacial score (nSPS) is 13.2. The standard InChI is InChI=1S/C23H18BrN5O4/c1-26-20-19(21(30)27(2)23(26)31)28-12-16(13-3-5-14(24)6-4-13)29(22(28)25-20)15-7-8-17-18(11-15)33-10-9-32-17/h3-8,11-12H,9-10H2,1-2H3. The van der Waals surface area contributed by atoms with Gasteiger partial charge in [-0.1, -0.05) is 28.1 Å². The topological polar surface area (TPSA) is 84.7 Å². The van der Waals surface area contributed by atoms with E-state index in [4.69, 9.17) is 14.5 Å². The van der Waals surface area contributed by atoms with Crippen LogP contribution in [0.4, 0.5) is 0 Å². The monoisotopic (exact) mass is 507 g/mol. The third-order valence-electron chi connectivity index (χ3n) is 5.89. The minimum absolute atomic E-state index is 0.326. The number of hydrogen-bond acceptors (Lipinski definition) is 5. The summed E-state index contributed by atoms with van der Waals surface area (Å²) in [4.78, 5) is 30.2. The number of hydrogen-bond donors (Lipinski definition) is 0. The predicted octanol–water partition coefficient (Wildman–Crippen LogP) is 2.88. The summed E-state index contributed by atoms with van der Waals surface area (Å²) in [6.07, 6.45) is 1.87. The van der Waals surface area contributed by atoms with Gasteiger partial charge >= 0.3 is 5.69 Å². The fourth-order valence-corrected chi connectivity index (χ4v) is 4.49. The maximum absolute atomic E-state index is 13.0. The molecule has 1 aliphatic heterocycles. The van der Waals surface area contributed by atoms with Gasteiger partial charge in [-0.05, 0) is 24.3 Å². The Morgan fingerprint density at radius 3 is 2.42 bits per heavy atom. The van der Waals surface area contributed by atoms with Gasteiger partial charge in [-0.2, -0.15) is 4.98 Å². The van der Waals surface area contributed by atoms with E-state index >= 15 is 0 Å². The molecule has 0 spiro atoms. The number of ether oxygens (including phenoxy) is 2. The summed E-state index contributed by atoms with van der Waals surface area (Å²) < 4.78 is 18.6. The Kier molecular flexibility index (Phi) is 4.28. The molecule has 0 atom stereocenters. The van der Waals surface area contributed by atoms with Crippen molar-refractivity contribution < 1.29 is 9.47 Å². The first-order valence-electron chi connectivity index (χ1n) is 10.3. The molecule has 10 heteroatoms. The Hall–Kier alpha value is -3.79. The average Bonchev–Trinajstić information content (AvgIpc) is 3.38. The molecule has 0 saturated carbocycles. The second-order valence-corrected chi connectivity index (χ2v) is 8.76. The summed E-state index contributed by atoms with van der Waals surface area (Å²) in [6, 6.07) is 13.6. The van der Waals surface area contributed by atoms with E-state index in [1.807, 2.05) is 53.2 Å². The highest BCUT2D eigenvalue weighted by Crippen LogP contribution is 2.35. The lowest BCUT2D eigenvalue weighted by atomic mass is 10.1. The SMILES string of the molecule is Cn1c(=O)c2c(nc3n(-c4ccc5c(c4)OCCO5)c(-c4ccc(Br)cc4)cn23)n(C)c1=O. The van der Waals surface area contributed by atoms with Crippen LogP contribution in [0.25, 0.3) is 33.9 Å². The zero-order valence-electron chi connectivity index (χ0n) is 17.8. The van der Waals surface area contributed by atoms with Crippen LogP contribution >= 0.6 is 15.9 Å². The lowest BCUT2D eigenvalue weighted by Gasteiger charge is -2.19. The molecule has 0 aliphatic carbocycles. The van der Waals surface area contributed by atoms with Crippen LogP contribution in [-0.4, -0.2) is 36.3 Å². The summed E-state index contributed by atoms with van der Waals surface area (Å²) in [6.45, 7) is 0.982. The number of fused-ring (bicyclic) bond motifs is 4. The summed E-state index contributed by atoms with van der Waals surface area (Å²) >= 11 is 3.48. The molecule has 3 aromatic heterocycles. The fourth-order valence-electron chi connectivity index (χ4n) is 4.22. The van der Waals surface area contributed by atoms with Crippen molar-refractivity contribution in [2.75, 3.05) is 13.2 Å². The molecule has 2 aromatic carbocycles. The van der Waals surface area contributed by atoms with E-state index in [1.54, 1.807) is 11.4 Å². The van der Waals surface area contributed by atoms with E-state index in [0.717, 1.165) is 26.0 Å². The molecule has 6 rings (SSSR count). The zero-order chi connectivity index (χ0) is 22.9. The minimum Gasteiger partial charge on any atom is -0.486 e.